The van der Waals surface area contributed by atoms with Gasteiger partial charge in [0.1, 0.15) is 11.5 Å². The summed E-state index contributed by atoms with van der Waals surface area (Å²) in [6.45, 7) is 2.46. The van der Waals surface area contributed by atoms with Crippen molar-refractivity contribution in [2.75, 3.05) is 19.0 Å². The number of nitrogens with one attached hydrogen (secondary N) is 2. The van der Waals surface area contributed by atoms with Gasteiger partial charge in [0, 0.05) is 18.4 Å². The van der Waals surface area contributed by atoms with Crippen LogP contribution in [-0.2, 0) is 4.79 Å². The van der Waals surface area contributed by atoms with Crippen LogP contribution in [0.15, 0.2) is 48.5 Å². The Kier molecular flexibility index (Phi) is 6.57. The van der Waals surface area contributed by atoms with Crippen LogP contribution in [0.3, 0.4) is 0 Å². The predicted molar refractivity (Wildman–Crippen MR) is 108 cm³/mol. The van der Waals surface area contributed by atoms with Gasteiger partial charge in [0.2, 0.25) is 11.9 Å². The van der Waals surface area contributed by atoms with Crippen molar-refractivity contribution in [1.82, 2.24) is 15.2 Å². The molecule has 0 aliphatic heterocycles. The minimum atomic E-state index is -0.338. The Morgan fingerprint density at radius 3 is 2.55 bits per heavy atom. The lowest BCUT2D eigenvalue weighted by atomic mass is 10.1. The number of benzene rings is 2. The van der Waals surface area contributed by atoms with Crippen molar-refractivity contribution >= 4 is 17.6 Å². The van der Waals surface area contributed by atoms with Crippen molar-refractivity contribution in [2.24, 2.45) is 0 Å². The van der Waals surface area contributed by atoms with E-state index in [4.69, 9.17) is 9.47 Å². The van der Waals surface area contributed by atoms with E-state index in [-0.39, 0.29) is 30.5 Å². The van der Waals surface area contributed by atoms with Crippen LogP contribution in [0.25, 0.3) is 11.4 Å². The minimum Gasteiger partial charge on any atom is -0.496 e. The van der Waals surface area contributed by atoms with E-state index in [0.29, 0.717) is 29.5 Å². The van der Waals surface area contributed by atoms with Gasteiger partial charge in [0.15, 0.2) is 11.6 Å². The van der Waals surface area contributed by atoms with Crippen molar-refractivity contribution in [3.8, 4) is 22.9 Å². The number of para-hydroxylation sites is 1. The summed E-state index contributed by atoms with van der Waals surface area (Å²) in [6, 6.07) is 14.2. The number of carbonyl (C=O) groups excluding carboxylic acids is 2. The van der Waals surface area contributed by atoms with Gasteiger partial charge in [-0.25, -0.2) is 0 Å². The van der Waals surface area contributed by atoms with Crippen LogP contribution in [0, 0.1) is 0 Å². The van der Waals surface area contributed by atoms with E-state index in [2.05, 4.69) is 20.5 Å². The first-order valence-corrected chi connectivity index (χ1v) is 9.22. The van der Waals surface area contributed by atoms with E-state index < -0.39 is 0 Å². The highest BCUT2D eigenvalue weighted by atomic mass is 16.5. The zero-order chi connectivity index (χ0) is 20.6. The number of ether oxygens (including phenoxy) is 2. The molecule has 150 valence electrons. The molecule has 0 fully saturated rings. The van der Waals surface area contributed by atoms with Crippen LogP contribution < -0.4 is 14.8 Å². The van der Waals surface area contributed by atoms with Gasteiger partial charge in [0.05, 0.1) is 19.3 Å². The fraction of sp³-hybridized carbons (Fsp3) is 0.238. The molecule has 8 nitrogen and oxygen atoms in total. The minimum absolute atomic E-state index is 0.0323. The third-order valence-corrected chi connectivity index (χ3v) is 4.17. The van der Waals surface area contributed by atoms with Gasteiger partial charge in [0.25, 0.3) is 0 Å². The first-order chi connectivity index (χ1) is 14.1. The fourth-order valence-electron chi connectivity index (χ4n) is 2.74. The van der Waals surface area contributed by atoms with Crippen LogP contribution in [0.1, 0.15) is 30.1 Å². The Morgan fingerprint density at radius 1 is 1.07 bits per heavy atom. The molecule has 0 aliphatic carbocycles. The summed E-state index contributed by atoms with van der Waals surface area (Å²) in [7, 11) is 1.57. The van der Waals surface area contributed by atoms with Gasteiger partial charge < -0.3 is 9.47 Å². The van der Waals surface area contributed by atoms with Gasteiger partial charge in [-0.2, -0.15) is 4.98 Å². The Morgan fingerprint density at radius 2 is 1.83 bits per heavy atom. The number of carbonyl (C=O) groups is 2. The Labute approximate surface area is 168 Å². The number of amides is 1. The van der Waals surface area contributed by atoms with Crippen molar-refractivity contribution in [3.63, 3.8) is 0 Å². The standard InChI is InChI=1S/C21H22N4O4/c1-3-29-15-10-8-14(9-11-15)17(26)12-13-19(27)22-21-23-20(24-25-21)16-6-4-5-7-18(16)28-2/h4-11H,3,12-13H2,1-2H3,(H2,22,23,24,25,27). The molecule has 0 spiro atoms. The van der Waals surface area contributed by atoms with Crippen LogP contribution in [-0.4, -0.2) is 40.6 Å². The molecule has 0 bridgehead atoms. The SMILES string of the molecule is CCOc1ccc(C(=O)CCC(=O)Nc2n[nH]c(-c3ccccc3OC)n2)cc1. The molecule has 2 N–H and O–H groups in total. The monoisotopic (exact) mass is 394 g/mol. The van der Waals surface area contributed by atoms with Crippen molar-refractivity contribution < 1.29 is 19.1 Å². The zero-order valence-corrected chi connectivity index (χ0v) is 16.3. The van der Waals surface area contributed by atoms with Gasteiger partial charge >= 0.3 is 0 Å². The lowest BCUT2D eigenvalue weighted by molar-refractivity contribution is -0.116. The summed E-state index contributed by atoms with van der Waals surface area (Å²) in [5, 5.41) is 9.37. The fourth-order valence-corrected chi connectivity index (χ4v) is 2.74. The molecule has 0 aliphatic rings. The molecular weight excluding hydrogens is 372 g/mol. The zero-order valence-electron chi connectivity index (χ0n) is 16.3. The van der Waals surface area contributed by atoms with Crippen molar-refractivity contribution in [1.29, 1.82) is 0 Å². The molecule has 0 radical (unpaired) electrons. The lowest BCUT2D eigenvalue weighted by Crippen LogP contribution is -2.14. The number of H-pyrrole nitrogens is 1. The molecule has 29 heavy (non-hydrogen) atoms. The van der Waals surface area contributed by atoms with Crippen LogP contribution >= 0.6 is 0 Å². The molecule has 0 atom stereocenters. The molecule has 0 unspecified atom stereocenters. The first-order valence-electron chi connectivity index (χ1n) is 9.22. The van der Waals surface area contributed by atoms with Crippen molar-refractivity contribution in [2.45, 2.75) is 19.8 Å². The molecular formula is C21H22N4O4. The molecule has 1 amide bonds. The third kappa shape index (κ3) is 5.19. The van der Waals surface area contributed by atoms with E-state index in [1.54, 1.807) is 31.4 Å². The second kappa shape index (κ2) is 9.50. The average molecular weight is 394 g/mol. The Bertz CT molecular complexity index is 982. The summed E-state index contributed by atoms with van der Waals surface area (Å²) in [6.07, 6.45) is 0.119. The van der Waals surface area contributed by atoms with E-state index in [0.717, 1.165) is 5.56 Å². The Hall–Kier alpha value is -3.68. The summed E-state index contributed by atoms with van der Waals surface area (Å²) in [4.78, 5) is 28.7. The maximum absolute atomic E-state index is 12.3. The van der Waals surface area contributed by atoms with Gasteiger partial charge in [-0.05, 0) is 43.3 Å². The number of aromatic nitrogens is 3. The molecule has 0 saturated carbocycles. The predicted octanol–water partition coefficient (Wildman–Crippen LogP) is 3.48. The van der Waals surface area contributed by atoms with Crippen LogP contribution in [0.4, 0.5) is 5.95 Å². The number of methoxy groups -OCH3 is 1. The van der Waals surface area contributed by atoms with Crippen LogP contribution in [0.2, 0.25) is 0 Å². The Balaban J connectivity index is 1.54. The van der Waals surface area contributed by atoms with E-state index in [9.17, 15) is 9.59 Å². The molecule has 3 aromatic rings. The van der Waals surface area contributed by atoms with Gasteiger partial charge in [-0.1, -0.05) is 12.1 Å². The maximum atomic E-state index is 12.3. The number of hydrogen-bond donors (Lipinski definition) is 2. The van der Waals surface area contributed by atoms with Gasteiger partial charge in [-0.15, -0.1) is 5.10 Å². The number of hydrogen-bond acceptors (Lipinski definition) is 6. The second-order valence-electron chi connectivity index (χ2n) is 6.14. The highest BCUT2D eigenvalue weighted by Crippen LogP contribution is 2.27. The molecule has 2 aromatic carbocycles. The smallest absolute Gasteiger partial charge is 0.249 e. The number of ketones is 1. The number of nitrogens with zero attached hydrogens (tertiary/aromatic N) is 2. The largest absolute Gasteiger partial charge is 0.496 e. The highest BCUT2D eigenvalue weighted by molar-refractivity contribution is 5.99. The third-order valence-electron chi connectivity index (χ3n) is 4.17. The van der Waals surface area contributed by atoms with E-state index in [1.807, 2.05) is 31.2 Å². The number of rotatable bonds is 9. The van der Waals surface area contributed by atoms with Crippen molar-refractivity contribution in [3.05, 3.63) is 54.1 Å². The molecule has 8 heteroatoms. The number of anilines is 1. The average Bonchev–Trinajstić information content (AvgIpc) is 3.21. The lowest BCUT2D eigenvalue weighted by Gasteiger charge is -2.05. The topological polar surface area (TPSA) is 106 Å². The van der Waals surface area contributed by atoms with Crippen LogP contribution in [0.5, 0.6) is 11.5 Å². The molecule has 1 aromatic heterocycles. The second-order valence-corrected chi connectivity index (χ2v) is 6.14. The quantitative estimate of drug-likeness (QED) is 0.538. The summed E-state index contributed by atoms with van der Waals surface area (Å²) >= 11 is 0. The number of aromatic amines is 1. The van der Waals surface area contributed by atoms with Gasteiger partial charge in [-0.3, -0.25) is 20.0 Å². The number of Topliss-reactive ketones (excluding diaryl/α,β-unsaturated/α-hetero) is 1. The normalized spacial score (nSPS) is 10.4. The van der Waals surface area contributed by atoms with E-state index >= 15 is 0 Å². The maximum Gasteiger partial charge on any atom is 0.249 e. The summed E-state index contributed by atoms with van der Waals surface area (Å²) in [5.41, 5.74) is 1.27. The molecule has 3 rings (SSSR count). The summed E-state index contributed by atoms with van der Waals surface area (Å²) in [5.74, 6) is 1.51. The first kappa shape index (κ1) is 20.1. The highest BCUT2D eigenvalue weighted by Gasteiger charge is 2.14. The molecule has 1 heterocycles. The summed E-state index contributed by atoms with van der Waals surface area (Å²) < 4.78 is 10.7. The molecule has 0 saturated heterocycles. The van der Waals surface area contributed by atoms with E-state index in [1.165, 1.54) is 0 Å².